The zero-order valence-electron chi connectivity index (χ0n) is 24.3. The van der Waals surface area contributed by atoms with Crippen molar-refractivity contribution in [2.24, 2.45) is 0 Å². The number of anilines is 1. The fourth-order valence-corrected chi connectivity index (χ4v) is 5.25. The number of hydrogen-bond acceptors (Lipinski definition) is 2. The highest BCUT2D eigenvalue weighted by Crippen LogP contribution is 2.17. The quantitative estimate of drug-likeness (QED) is 0.0883. The Hall–Kier alpha value is -1.18. The Kier molecular flexibility index (Phi) is 24.5. The minimum atomic E-state index is 0.334. The van der Waals surface area contributed by atoms with Gasteiger partial charge in [0, 0.05) is 12.2 Å². The number of phenols is 1. The maximum Gasteiger partial charge on any atom is 0.115 e. The van der Waals surface area contributed by atoms with E-state index >= 15 is 0 Å². The first kappa shape index (κ1) is 32.8. The van der Waals surface area contributed by atoms with Crippen molar-refractivity contribution in [3.63, 3.8) is 0 Å². The van der Waals surface area contributed by atoms with E-state index in [1.807, 2.05) is 12.1 Å². The number of benzene rings is 1. The number of hydrogen-bond donors (Lipinski definition) is 2. The summed E-state index contributed by atoms with van der Waals surface area (Å²) in [7, 11) is 0. The van der Waals surface area contributed by atoms with Gasteiger partial charge in [-0.1, -0.05) is 167 Å². The molecule has 2 heteroatoms. The van der Waals surface area contributed by atoms with Gasteiger partial charge in [0.1, 0.15) is 5.75 Å². The van der Waals surface area contributed by atoms with E-state index in [0.29, 0.717) is 5.75 Å². The zero-order valence-corrected chi connectivity index (χ0v) is 24.3. The summed E-state index contributed by atoms with van der Waals surface area (Å²) in [6.07, 6.45) is 37.5. The van der Waals surface area contributed by atoms with Crippen LogP contribution in [0.5, 0.6) is 5.75 Å². The molecule has 210 valence electrons. The lowest BCUT2D eigenvalue weighted by molar-refractivity contribution is 0.475. The molecule has 0 atom stereocenters. The van der Waals surface area contributed by atoms with Gasteiger partial charge in [0.15, 0.2) is 0 Å². The lowest BCUT2D eigenvalue weighted by Crippen LogP contribution is -2.00. The normalized spacial score (nSPS) is 11.2. The molecule has 0 heterocycles. The molecule has 0 aliphatic rings. The predicted octanol–water partition coefficient (Wildman–Crippen LogP) is 12.0. The average Bonchev–Trinajstić information content (AvgIpc) is 2.89. The number of rotatable bonds is 28. The molecule has 0 unspecified atom stereocenters. The molecular formula is C34H63NO. The van der Waals surface area contributed by atoms with Crippen molar-refractivity contribution in [2.75, 3.05) is 11.9 Å². The van der Waals surface area contributed by atoms with Crippen LogP contribution in [0, 0.1) is 0 Å². The van der Waals surface area contributed by atoms with Gasteiger partial charge in [-0.15, -0.1) is 0 Å². The van der Waals surface area contributed by atoms with Gasteiger partial charge in [-0.3, -0.25) is 0 Å². The molecule has 0 aliphatic carbocycles. The van der Waals surface area contributed by atoms with Crippen LogP contribution in [0.25, 0.3) is 0 Å². The molecule has 36 heavy (non-hydrogen) atoms. The van der Waals surface area contributed by atoms with E-state index < -0.39 is 0 Å². The molecule has 0 radical (unpaired) electrons. The smallest absolute Gasteiger partial charge is 0.115 e. The van der Waals surface area contributed by atoms with E-state index in [9.17, 15) is 5.11 Å². The molecule has 2 nitrogen and oxygen atoms in total. The van der Waals surface area contributed by atoms with Gasteiger partial charge in [-0.25, -0.2) is 0 Å². The summed E-state index contributed by atoms with van der Waals surface area (Å²) in [4.78, 5) is 0. The predicted molar refractivity (Wildman–Crippen MR) is 162 cm³/mol. The van der Waals surface area contributed by atoms with Crippen LogP contribution < -0.4 is 5.32 Å². The van der Waals surface area contributed by atoms with Crippen molar-refractivity contribution in [1.82, 2.24) is 0 Å². The molecule has 0 amide bonds. The molecule has 0 aliphatic heterocycles. The minimum Gasteiger partial charge on any atom is -0.508 e. The highest BCUT2D eigenvalue weighted by atomic mass is 16.3. The van der Waals surface area contributed by atoms with Crippen molar-refractivity contribution in [1.29, 1.82) is 0 Å². The third kappa shape index (κ3) is 23.2. The maximum absolute atomic E-state index is 9.30. The van der Waals surface area contributed by atoms with Gasteiger partial charge in [-0.2, -0.15) is 0 Å². The van der Waals surface area contributed by atoms with E-state index in [2.05, 4.69) is 12.2 Å². The van der Waals surface area contributed by atoms with Crippen LogP contribution in [0.4, 0.5) is 5.69 Å². The van der Waals surface area contributed by atoms with Crippen LogP contribution in [0.2, 0.25) is 0 Å². The largest absolute Gasteiger partial charge is 0.508 e. The Bertz CT molecular complexity index is 541. The summed E-state index contributed by atoms with van der Waals surface area (Å²) in [6.45, 7) is 3.33. The zero-order chi connectivity index (χ0) is 25.8. The molecule has 2 N–H and O–H groups in total. The second kappa shape index (κ2) is 26.9. The standard InChI is InChI=1S/C34H63NO/c1-2-3-4-5-6-7-8-9-10-11-12-13-14-15-16-17-18-19-20-21-22-23-24-25-26-27-32-35-33-28-30-34(36)31-29-33/h28-31,35-36H,2-27,32H2,1H3. The summed E-state index contributed by atoms with van der Waals surface area (Å²) in [5, 5.41) is 12.7. The van der Waals surface area contributed by atoms with Gasteiger partial charge in [-0.05, 0) is 30.7 Å². The van der Waals surface area contributed by atoms with E-state index in [1.165, 1.54) is 167 Å². The fraction of sp³-hybridized carbons (Fsp3) is 0.824. The number of nitrogens with one attached hydrogen (secondary N) is 1. The van der Waals surface area contributed by atoms with E-state index in [4.69, 9.17) is 0 Å². The van der Waals surface area contributed by atoms with Crippen molar-refractivity contribution in [3.05, 3.63) is 24.3 Å². The molecule has 0 spiro atoms. The molecule has 0 aromatic heterocycles. The molecule has 0 saturated carbocycles. The molecule has 1 aromatic carbocycles. The highest BCUT2D eigenvalue weighted by molar-refractivity contribution is 5.45. The fourth-order valence-electron chi connectivity index (χ4n) is 5.25. The summed E-state index contributed by atoms with van der Waals surface area (Å²) < 4.78 is 0. The summed E-state index contributed by atoms with van der Waals surface area (Å²) in [5.74, 6) is 0.334. The van der Waals surface area contributed by atoms with E-state index in [-0.39, 0.29) is 0 Å². The first-order chi connectivity index (χ1) is 17.8. The lowest BCUT2D eigenvalue weighted by atomic mass is 10.0. The monoisotopic (exact) mass is 501 g/mol. The summed E-state index contributed by atoms with van der Waals surface area (Å²) in [6, 6.07) is 7.36. The van der Waals surface area contributed by atoms with E-state index in [1.54, 1.807) is 12.1 Å². The van der Waals surface area contributed by atoms with Crippen molar-refractivity contribution in [2.45, 2.75) is 174 Å². The van der Waals surface area contributed by atoms with Gasteiger partial charge in [0.2, 0.25) is 0 Å². The topological polar surface area (TPSA) is 32.3 Å². The molecule has 1 rings (SSSR count). The number of aromatic hydroxyl groups is 1. The minimum absolute atomic E-state index is 0.334. The SMILES string of the molecule is CCCCCCCCCCCCCCCCCCCCCCCCCCCCNc1ccc(O)cc1. The van der Waals surface area contributed by atoms with Gasteiger partial charge < -0.3 is 10.4 Å². The van der Waals surface area contributed by atoms with Gasteiger partial charge >= 0.3 is 0 Å². The summed E-state index contributed by atoms with van der Waals surface area (Å²) >= 11 is 0. The van der Waals surface area contributed by atoms with E-state index in [0.717, 1.165) is 12.2 Å². The van der Waals surface area contributed by atoms with Crippen LogP contribution in [0.1, 0.15) is 174 Å². The molecule has 1 aromatic rings. The first-order valence-corrected chi connectivity index (χ1v) is 16.4. The third-order valence-corrected chi connectivity index (χ3v) is 7.73. The van der Waals surface area contributed by atoms with Crippen LogP contribution in [-0.2, 0) is 0 Å². The van der Waals surface area contributed by atoms with Crippen LogP contribution >= 0.6 is 0 Å². The lowest BCUT2D eigenvalue weighted by Gasteiger charge is -2.06. The Balaban J connectivity index is 1.65. The average molecular weight is 502 g/mol. The maximum atomic E-state index is 9.30. The third-order valence-electron chi connectivity index (χ3n) is 7.73. The Morgan fingerprint density at radius 3 is 1.00 bits per heavy atom. The molecule has 0 saturated heterocycles. The highest BCUT2D eigenvalue weighted by Gasteiger charge is 1.97. The second-order valence-corrected chi connectivity index (χ2v) is 11.3. The Labute approximate surface area is 226 Å². The second-order valence-electron chi connectivity index (χ2n) is 11.3. The molecule has 0 fully saturated rings. The van der Waals surface area contributed by atoms with Gasteiger partial charge in [0.25, 0.3) is 0 Å². The molecule has 0 bridgehead atoms. The number of unbranched alkanes of at least 4 members (excludes halogenated alkanes) is 25. The van der Waals surface area contributed by atoms with Gasteiger partial charge in [0.05, 0.1) is 0 Å². The molecular weight excluding hydrogens is 438 g/mol. The van der Waals surface area contributed by atoms with Crippen molar-refractivity contribution in [3.8, 4) is 5.75 Å². The first-order valence-electron chi connectivity index (χ1n) is 16.4. The Morgan fingerprint density at radius 2 is 0.694 bits per heavy atom. The Morgan fingerprint density at radius 1 is 0.417 bits per heavy atom. The summed E-state index contributed by atoms with van der Waals surface area (Å²) in [5.41, 5.74) is 1.10. The van der Waals surface area contributed by atoms with Crippen LogP contribution in [-0.4, -0.2) is 11.7 Å². The van der Waals surface area contributed by atoms with Crippen LogP contribution in [0.3, 0.4) is 0 Å². The van der Waals surface area contributed by atoms with Crippen molar-refractivity contribution < 1.29 is 5.11 Å². The number of phenolic OH excluding ortho intramolecular Hbond substituents is 1. The van der Waals surface area contributed by atoms with Crippen LogP contribution in [0.15, 0.2) is 24.3 Å². The van der Waals surface area contributed by atoms with Crippen molar-refractivity contribution >= 4 is 5.69 Å².